The van der Waals surface area contributed by atoms with Crippen molar-refractivity contribution in [3.63, 3.8) is 0 Å². The van der Waals surface area contributed by atoms with Crippen LogP contribution in [0.3, 0.4) is 0 Å². The van der Waals surface area contributed by atoms with E-state index in [4.69, 9.17) is 10.2 Å². The first-order chi connectivity index (χ1) is 5.97. The van der Waals surface area contributed by atoms with Gasteiger partial charge in [0.15, 0.2) is 11.5 Å². The molecule has 0 saturated carbocycles. The van der Waals surface area contributed by atoms with Gasteiger partial charge in [-0.15, -0.1) is 0 Å². The van der Waals surface area contributed by atoms with E-state index in [9.17, 15) is 8.42 Å². The second-order valence-electron chi connectivity index (χ2n) is 2.27. The van der Waals surface area contributed by atoms with Crippen LogP contribution in [0.4, 0.5) is 0 Å². The summed E-state index contributed by atoms with van der Waals surface area (Å²) >= 11 is 0. The Labute approximate surface area is 75.3 Å². The van der Waals surface area contributed by atoms with Gasteiger partial charge in [-0.1, -0.05) is 0 Å². The van der Waals surface area contributed by atoms with Crippen molar-refractivity contribution in [1.29, 1.82) is 0 Å². The van der Waals surface area contributed by atoms with Crippen molar-refractivity contribution in [2.24, 2.45) is 0 Å². The molecule has 1 rings (SSSR count). The largest absolute Gasteiger partial charge is 0.504 e. The van der Waals surface area contributed by atoms with Crippen LogP contribution >= 0.6 is 0 Å². The maximum Gasteiger partial charge on any atom is 0.296 e. The van der Waals surface area contributed by atoms with Gasteiger partial charge in [0, 0.05) is 6.07 Å². The standard InChI is InChI=1S/C7H8O5S/c1-12-13(10,11)5-2-3-6(8)7(9)4-5/h2-4,8-9H,1H3. The summed E-state index contributed by atoms with van der Waals surface area (Å²) in [5.41, 5.74) is 0. The molecular weight excluding hydrogens is 196 g/mol. The smallest absolute Gasteiger partial charge is 0.296 e. The highest BCUT2D eigenvalue weighted by molar-refractivity contribution is 7.86. The van der Waals surface area contributed by atoms with Gasteiger partial charge in [0.2, 0.25) is 0 Å². The molecule has 0 aliphatic rings. The average molecular weight is 204 g/mol. The van der Waals surface area contributed by atoms with E-state index < -0.39 is 15.9 Å². The Hall–Kier alpha value is -1.27. The predicted octanol–water partition coefficient (Wildman–Crippen LogP) is 0.433. The summed E-state index contributed by atoms with van der Waals surface area (Å²) in [6, 6.07) is 3.11. The van der Waals surface area contributed by atoms with Gasteiger partial charge in [0.05, 0.1) is 12.0 Å². The van der Waals surface area contributed by atoms with Gasteiger partial charge in [-0.05, 0) is 12.1 Å². The van der Waals surface area contributed by atoms with Gasteiger partial charge < -0.3 is 10.2 Å². The Morgan fingerprint density at radius 3 is 2.31 bits per heavy atom. The molecule has 0 spiro atoms. The summed E-state index contributed by atoms with van der Waals surface area (Å²) < 4.78 is 26.3. The molecule has 0 unspecified atom stereocenters. The van der Waals surface area contributed by atoms with Crippen LogP contribution in [0.25, 0.3) is 0 Å². The van der Waals surface area contributed by atoms with E-state index in [1.807, 2.05) is 0 Å². The van der Waals surface area contributed by atoms with Crippen molar-refractivity contribution >= 4 is 10.1 Å². The summed E-state index contributed by atoms with van der Waals surface area (Å²) in [5.74, 6) is -0.881. The van der Waals surface area contributed by atoms with Gasteiger partial charge in [-0.25, -0.2) is 0 Å². The minimum absolute atomic E-state index is 0.203. The Morgan fingerprint density at radius 2 is 1.85 bits per heavy atom. The molecule has 0 aliphatic heterocycles. The van der Waals surface area contributed by atoms with Gasteiger partial charge in [-0.2, -0.15) is 8.42 Å². The van der Waals surface area contributed by atoms with Crippen molar-refractivity contribution < 1.29 is 22.8 Å². The molecule has 0 aliphatic carbocycles. The fraction of sp³-hybridized carbons (Fsp3) is 0.143. The molecule has 0 radical (unpaired) electrons. The number of hydrogen-bond acceptors (Lipinski definition) is 5. The predicted molar refractivity (Wildman–Crippen MR) is 44.0 cm³/mol. The van der Waals surface area contributed by atoms with E-state index >= 15 is 0 Å². The van der Waals surface area contributed by atoms with Crippen LogP contribution in [0.1, 0.15) is 0 Å². The van der Waals surface area contributed by atoms with Crippen molar-refractivity contribution in [1.82, 2.24) is 0 Å². The highest BCUT2D eigenvalue weighted by Crippen LogP contribution is 2.27. The van der Waals surface area contributed by atoms with E-state index in [2.05, 4.69) is 4.18 Å². The second kappa shape index (κ2) is 3.23. The number of phenolic OH excluding ortho intramolecular Hbond substituents is 2. The Bertz CT molecular complexity index is 409. The summed E-state index contributed by atoms with van der Waals surface area (Å²) in [7, 11) is -2.80. The minimum Gasteiger partial charge on any atom is -0.504 e. The number of phenols is 2. The first kappa shape index (κ1) is 9.82. The molecule has 1 aromatic carbocycles. The Kier molecular flexibility index (Phi) is 2.44. The van der Waals surface area contributed by atoms with Gasteiger partial charge in [0.25, 0.3) is 10.1 Å². The molecule has 6 heteroatoms. The fourth-order valence-corrected chi connectivity index (χ4v) is 1.44. The lowest BCUT2D eigenvalue weighted by atomic mass is 10.3. The Morgan fingerprint density at radius 1 is 1.23 bits per heavy atom. The highest BCUT2D eigenvalue weighted by Gasteiger charge is 2.14. The van der Waals surface area contributed by atoms with E-state index in [1.54, 1.807) is 0 Å². The van der Waals surface area contributed by atoms with E-state index in [0.717, 1.165) is 25.3 Å². The van der Waals surface area contributed by atoms with E-state index in [0.29, 0.717) is 0 Å². The third-order valence-corrected chi connectivity index (χ3v) is 2.73. The fourth-order valence-electron chi connectivity index (χ4n) is 0.755. The summed E-state index contributed by atoms with van der Waals surface area (Å²) in [6.45, 7) is 0. The average Bonchev–Trinajstić information content (AvgIpc) is 2.09. The van der Waals surface area contributed by atoms with Crippen LogP contribution in [0.15, 0.2) is 23.1 Å². The van der Waals surface area contributed by atoms with Crippen molar-refractivity contribution in [3.05, 3.63) is 18.2 Å². The lowest BCUT2D eigenvalue weighted by molar-refractivity contribution is 0.391. The quantitative estimate of drug-likeness (QED) is 0.539. The second-order valence-corrected chi connectivity index (χ2v) is 3.98. The van der Waals surface area contributed by atoms with E-state index in [1.165, 1.54) is 0 Å². The molecule has 0 atom stereocenters. The molecular formula is C7H8O5S. The van der Waals surface area contributed by atoms with Crippen LogP contribution < -0.4 is 0 Å². The zero-order chi connectivity index (χ0) is 10.1. The Balaban J connectivity index is 3.27. The number of benzene rings is 1. The summed E-state index contributed by atoms with van der Waals surface area (Å²) in [6.07, 6.45) is 0. The topological polar surface area (TPSA) is 83.8 Å². The maximum absolute atomic E-state index is 11.0. The monoisotopic (exact) mass is 204 g/mol. The molecule has 13 heavy (non-hydrogen) atoms. The third kappa shape index (κ3) is 1.90. The normalized spacial score (nSPS) is 11.5. The van der Waals surface area contributed by atoms with Crippen LogP contribution in [-0.2, 0) is 14.3 Å². The molecule has 0 saturated heterocycles. The number of hydrogen-bond donors (Lipinski definition) is 2. The summed E-state index contributed by atoms with van der Waals surface area (Å²) in [5, 5.41) is 17.9. The van der Waals surface area contributed by atoms with Crippen molar-refractivity contribution in [2.45, 2.75) is 4.90 Å². The third-order valence-electron chi connectivity index (χ3n) is 1.45. The first-order valence-corrected chi connectivity index (χ1v) is 4.71. The zero-order valence-electron chi connectivity index (χ0n) is 6.76. The minimum atomic E-state index is -3.81. The molecule has 0 fully saturated rings. The van der Waals surface area contributed by atoms with Crippen LogP contribution in [0, 0.1) is 0 Å². The highest BCUT2D eigenvalue weighted by atomic mass is 32.2. The molecule has 72 valence electrons. The number of rotatable bonds is 2. The lowest BCUT2D eigenvalue weighted by Gasteiger charge is -2.02. The molecule has 0 bridgehead atoms. The van der Waals surface area contributed by atoms with Crippen LogP contribution in [0.5, 0.6) is 11.5 Å². The van der Waals surface area contributed by atoms with Gasteiger partial charge in [0.1, 0.15) is 0 Å². The summed E-state index contributed by atoms with van der Waals surface area (Å²) in [4.78, 5) is -0.203. The maximum atomic E-state index is 11.0. The van der Waals surface area contributed by atoms with Gasteiger partial charge >= 0.3 is 0 Å². The molecule has 0 amide bonds. The molecule has 2 N–H and O–H groups in total. The molecule has 5 nitrogen and oxygen atoms in total. The van der Waals surface area contributed by atoms with Crippen LogP contribution in [0.2, 0.25) is 0 Å². The SMILES string of the molecule is COS(=O)(=O)c1ccc(O)c(O)c1. The van der Waals surface area contributed by atoms with Crippen molar-refractivity contribution in [3.8, 4) is 11.5 Å². The van der Waals surface area contributed by atoms with Gasteiger partial charge in [-0.3, -0.25) is 4.18 Å². The van der Waals surface area contributed by atoms with Crippen molar-refractivity contribution in [2.75, 3.05) is 7.11 Å². The number of aromatic hydroxyl groups is 2. The molecule has 1 aromatic rings. The first-order valence-electron chi connectivity index (χ1n) is 3.30. The molecule has 0 aromatic heterocycles. The molecule has 0 heterocycles. The van der Waals surface area contributed by atoms with Crippen LogP contribution in [-0.4, -0.2) is 25.7 Å². The lowest BCUT2D eigenvalue weighted by Crippen LogP contribution is -2.02. The zero-order valence-corrected chi connectivity index (χ0v) is 7.58. The van der Waals surface area contributed by atoms with E-state index in [-0.39, 0.29) is 10.6 Å².